The zero-order chi connectivity index (χ0) is 14.9. The monoisotopic (exact) mass is 289 g/mol. The molecule has 2 fully saturated rings. The second kappa shape index (κ2) is 5.98. The van der Waals surface area contributed by atoms with Crippen molar-refractivity contribution in [3.63, 3.8) is 0 Å². The van der Waals surface area contributed by atoms with Gasteiger partial charge in [-0.25, -0.2) is 0 Å². The van der Waals surface area contributed by atoms with Crippen LogP contribution in [-0.2, 0) is 6.54 Å². The average molecular weight is 289 g/mol. The van der Waals surface area contributed by atoms with Crippen LogP contribution in [0.2, 0.25) is 0 Å². The second-order valence-electron chi connectivity index (χ2n) is 6.93. The van der Waals surface area contributed by atoms with Crippen molar-refractivity contribution in [2.75, 3.05) is 6.61 Å². The summed E-state index contributed by atoms with van der Waals surface area (Å²) < 4.78 is 5.98. The van der Waals surface area contributed by atoms with E-state index >= 15 is 0 Å². The Hall–Kier alpha value is -1.06. The molecule has 3 nitrogen and oxygen atoms in total. The zero-order valence-corrected chi connectivity index (χ0v) is 13.2. The molecular weight excluding hydrogens is 262 g/mol. The van der Waals surface area contributed by atoms with E-state index in [1.54, 1.807) is 0 Å². The van der Waals surface area contributed by atoms with Crippen molar-refractivity contribution in [1.82, 2.24) is 5.32 Å². The maximum absolute atomic E-state index is 10.4. The topological polar surface area (TPSA) is 41.5 Å². The van der Waals surface area contributed by atoms with Crippen molar-refractivity contribution in [1.29, 1.82) is 0 Å². The van der Waals surface area contributed by atoms with Gasteiger partial charge < -0.3 is 15.2 Å². The Balaban J connectivity index is 1.63. The van der Waals surface area contributed by atoms with E-state index in [-0.39, 0.29) is 0 Å². The first-order valence-electron chi connectivity index (χ1n) is 8.24. The number of ether oxygens (including phenoxy) is 1. The largest absolute Gasteiger partial charge is 0.490 e. The van der Waals surface area contributed by atoms with Gasteiger partial charge in [0.15, 0.2) is 0 Å². The fourth-order valence-electron chi connectivity index (χ4n) is 3.30. The Morgan fingerprint density at radius 2 is 1.81 bits per heavy atom. The minimum absolute atomic E-state index is 0.425. The lowest BCUT2D eigenvalue weighted by atomic mass is 10.0. The fraction of sp³-hybridized carbons (Fsp3) is 0.667. The van der Waals surface area contributed by atoms with Crippen molar-refractivity contribution in [3.05, 3.63) is 28.8 Å². The summed E-state index contributed by atoms with van der Waals surface area (Å²) >= 11 is 0. The number of aryl methyl sites for hydroxylation is 2. The highest BCUT2D eigenvalue weighted by Gasteiger charge is 2.32. The molecule has 0 aliphatic heterocycles. The SMILES string of the molecule is Cc1cc(CNC2CC2)cc(C)c1OCC1(O)CCCC1. The molecule has 3 rings (SSSR count). The molecule has 21 heavy (non-hydrogen) atoms. The van der Waals surface area contributed by atoms with Crippen LogP contribution in [0.1, 0.15) is 55.2 Å². The average Bonchev–Trinajstić information content (AvgIpc) is 3.17. The minimum Gasteiger partial charge on any atom is -0.490 e. The number of benzene rings is 1. The van der Waals surface area contributed by atoms with E-state index in [4.69, 9.17) is 4.74 Å². The molecular formula is C18H27NO2. The Morgan fingerprint density at radius 1 is 1.19 bits per heavy atom. The molecule has 2 aliphatic carbocycles. The maximum Gasteiger partial charge on any atom is 0.125 e. The molecule has 0 saturated heterocycles. The van der Waals surface area contributed by atoms with Crippen LogP contribution in [0.15, 0.2) is 12.1 Å². The van der Waals surface area contributed by atoms with E-state index in [0.29, 0.717) is 6.61 Å². The van der Waals surface area contributed by atoms with Crippen molar-refractivity contribution in [2.45, 2.75) is 70.6 Å². The standard InChI is InChI=1S/C18H27NO2/c1-13-9-15(11-19-16-5-6-16)10-14(2)17(13)21-12-18(20)7-3-4-8-18/h9-10,16,19-20H,3-8,11-12H2,1-2H3. The molecule has 0 unspecified atom stereocenters. The molecule has 1 aromatic carbocycles. The predicted octanol–water partition coefficient (Wildman–Crippen LogP) is 3.24. The highest BCUT2D eigenvalue weighted by molar-refractivity contribution is 5.43. The first-order chi connectivity index (χ1) is 10.1. The summed E-state index contributed by atoms with van der Waals surface area (Å²) in [6.07, 6.45) is 6.60. The molecule has 0 aromatic heterocycles. The van der Waals surface area contributed by atoms with Crippen LogP contribution in [0.4, 0.5) is 0 Å². The van der Waals surface area contributed by atoms with Crippen LogP contribution in [0, 0.1) is 13.8 Å². The van der Waals surface area contributed by atoms with Crippen LogP contribution in [0.3, 0.4) is 0 Å². The van der Waals surface area contributed by atoms with E-state index < -0.39 is 5.60 Å². The first kappa shape index (κ1) is 14.9. The molecule has 0 bridgehead atoms. The van der Waals surface area contributed by atoms with Gasteiger partial charge in [-0.3, -0.25) is 0 Å². The van der Waals surface area contributed by atoms with Crippen molar-refractivity contribution < 1.29 is 9.84 Å². The van der Waals surface area contributed by atoms with Gasteiger partial charge in [0, 0.05) is 12.6 Å². The molecule has 0 spiro atoms. The normalized spacial score (nSPS) is 20.7. The third kappa shape index (κ3) is 3.78. The molecule has 2 saturated carbocycles. The minimum atomic E-state index is -0.606. The number of aliphatic hydroxyl groups is 1. The van der Waals surface area contributed by atoms with Crippen molar-refractivity contribution in [2.24, 2.45) is 0 Å². The summed E-state index contributed by atoms with van der Waals surface area (Å²) in [7, 11) is 0. The highest BCUT2D eigenvalue weighted by Crippen LogP contribution is 2.32. The Morgan fingerprint density at radius 3 is 2.38 bits per heavy atom. The summed E-state index contributed by atoms with van der Waals surface area (Å²) in [5.74, 6) is 0.950. The zero-order valence-electron chi connectivity index (χ0n) is 13.2. The number of hydrogen-bond donors (Lipinski definition) is 2. The van der Waals surface area contributed by atoms with Gasteiger partial charge in [0.25, 0.3) is 0 Å². The molecule has 3 heteroatoms. The summed E-state index contributed by atoms with van der Waals surface area (Å²) in [4.78, 5) is 0. The summed E-state index contributed by atoms with van der Waals surface area (Å²) in [6.45, 7) is 5.56. The molecule has 0 atom stereocenters. The Bertz CT molecular complexity index is 479. The molecule has 2 N–H and O–H groups in total. The van der Waals surface area contributed by atoms with Crippen LogP contribution in [0.25, 0.3) is 0 Å². The predicted molar refractivity (Wildman–Crippen MR) is 84.7 cm³/mol. The maximum atomic E-state index is 10.4. The van der Waals surface area contributed by atoms with Gasteiger partial charge in [-0.05, 0) is 56.2 Å². The van der Waals surface area contributed by atoms with Crippen molar-refractivity contribution in [3.8, 4) is 5.75 Å². The summed E-state index contributed by atoms with van der Waals surface area (Å²) in [5.41, 5.74) is 3.06. The van der Waals surface area contributed by atoms with E-state index in [2.05, 4.69) is 31.3 Å². The lowest BCUT2D eigenvalue weighted by Gasteiger charge is -2.24. The van der Waals surface area contributed by atoms with Gasteiger partial charge in [0.1, 0.15) is 12.4 Å². The van der Waals surface area contributed by atoms with Gasteiger partial charge in [0.2, 0.25) is 0 Å². The Kier molecular flexibility index (Phi) is 4.23. The second-order valence-corrected chi connectivity index (χ2v) is 6.93. The smallest absolute Gasteiger partial charge is 0.125 e. The van der Waals surface area contributed by atoms with E-state index in [1.165, 1.54) is 29.5 Å². The summed E-state index contributed by atoms with van der Waals surface area (Å²) in [5, 5.41) is 14.0. The van der Waals surface area contributed by atoms with E-state index in [0.717, 1.165) is 44.0 Å². The van der Waals surface area contributed by atoms with Crippen LogP contribution in [0.5, 0.6) is 5.75 Å². The quantitative estimate of drug-likeness (QED) is 0.845. The molecule has 0 radical (unpaired) electrons. The van der Waals surface area contributed by atoms with E-state index in [1.807, 2.05) is 0 Å². The van der Waals surface area contributed by atoms with Crippen LogP contribution >= 0.6 is 0 Å². The number of rotatable bonds is 6. The lowest BCUT2D eigenvalue weighted by Crippen LogP contribution is -2.32. The van der Waals surface area contributed by atoms with Crippen LogP contribution in [-0.4, -0.2) is 23.4 Å². The van der Waals surface area contributed by atoms with E-state index in [9.17, 15) is 5.11 Å². The highest BCUT2D eigenvalue weighted by atomic mass is 16.5. The third-order valence-corrected chi connectivity index (χ3v) is 4.71. The number of hydrogen-bond acceptors (Lipinski definition) is 3. The van der Waals surface area contributed by atoms with Crippen molar-refractivity contribution >= 4 is 0 Å². The molecule has 116 valence electrons. The fourth-order valence-corrected chi connectivity index (χ4v) is 3.30. The molecule has 2 aliphatic rings. The van der Waals surface area contributed by atoms with Gasteiger partial charge in [-0.1, -0.05) is 25.0 Å². The van der Waals surface area contributed by atoms with Gasteiger partial charge in [-0.2, -0.15) is 0 Å². The van der Waals surface area contributed by atoms with Gasteiger partial charge >= 0.3 is 0 Å². The molecule has 0 amide bonds. The van der Waals surface area contributed by atoms with Gasteiger partial charge in [-0.15, -0.1) is 0 Å². The molecule has 0 heterocycles. The number of nitrogens with one attached hydrogen (secondary N) is 1. The first-order valence-corrected chi connectivity index (χ1v) is 8.24. The Labute approximate surface area is 127 Å². The summed E-state index contributed by atoms with van der Waals surface area (Å²) in [6, 6.07) is 5.14. The van der Waals surface area contributed by atoms with Gasteiger partial charge in [0.05, 0.1) is 5.60 Å². The van der Waals surface area contributed by atoms with Crippen LogP contribution < -0.4 is 10.1 Å². The lowest BCUT2D eigenvalue weighted by molar-refractivity contribution is 0.00103. The molecule has 1 aromatic rings. The third-order valence-electron chi connectivity index (χ3n) is 4.71.